The number of aryl methyl sites for hydroxylation is 1. The number of nitrogens with zero attached hydrogens (tertiary/aromatic N) is 2. The maximum absolute atomic E-state index is 5.77. The number of hydrogen-bond acceptors (Lipinski definition) is 5. The first-order valence-electron chi connectivity index (χ1n) is 7.78. The molecule has 1 aliphatic rings. The zero-order valence-electron chi connectivity index (χ0n) is 12.9. The zero-order valence-corrected chi connectivity index (χ0v) is 13.8. The van der Waals surface area contributed by atoms with Gasteiger partial charge in [0.15, 0.2) is 5.13 Å². The Morgan fingerprint density at radius 3 is 3.05 bits per heavy atom. The molecule has 20 heavy (non-hydrogen) atoms. The largest absolute Gasteiger partial charge is 0.377 e. The van der Waals surface area contributed by atoms with Crippen LogP contribution in [0.25, 0.3) is 0 Å². The van der Waals surface area contributed by atoms with Crippen molar-refractivity contribution in [3.05, 3.63) is 10.6 Å². The van der Waals surface area contributed by atoms with Gasteiger partial charge in [0.25, 0.3) is 0 Å². The molecule has 2 heterocycles. The molecule has 1 aromatic rings. The van der Waals surface area contributed by atoms with Gasteiger partial charge in [-0.25, -0.2) is 4.98 Å². The Morgan fingerprint density at radius 2 is 2.30 bits per heavy atom. The lowest BCUT2D eigenvalue weighted by atomic mass is 10.1. The minimum atomic E-state index is 0.375. The fraction of sp³-hybridized carbons (Fsp3) is 0.800. The van der Waals surface area contributed by atoms with Crippen molar-refractivity contribution in [2.24, 2.45) is 0 Å². The third-order valence-corrected chi connectivity index (χ3v) is 4.86. The number of piperidine rings is 1. The summed E-state index contributed by atoms with van der Waals surface area (Å²) < 4.78 is 5.77. The predicted molar refractivity (Wildman–Crippen MR) is 85.7 cm³/mol. The van der Waals surface area contributed by atoms with E-state index in [2.05, 4.69) is 31.0 Å². The van der Waals surface area contributed by atoms with E-state index in [0.717, 1.165) is 32.8 Å². The van der Waals surface area contributed by atoms with Gasteiger partial charge < -0.3 is 15.0 Å². The smallest absolute Gasteiger partial charge is 0.185 e. The van der Waals surface area contributed by atoms with Gasteiger partial charge in [0.1, 0.15) is 0 Å². The van der Waals surface area contributed by atoms with Gasteiger partial charge in [-0.05, 0) is 39.7 Å². The number of nitrogens with one attached hydrogen (secondary N) is 1. The highest BCUT2D eigenvalue weighted by Gasteiger charge is 2.23. The summed E-state index contributed by atoms with van der Waals surface area (Å²) in [7, 11) is 0. The molecule has 1 aromatic heterocycles. The fourth-order valence-electron chi connectivity index (χ4n) is 2.57. The van der Waals surface area contributed by atoms with Crippen molar-refractivity contribution < 1.29 is 4.74 Å². The summed E-state index contributed by atoms with van der Waals surface area (Å²) in [6.07, 6.45) is 3.93. The maximum atomic E-state index is 5.77. The molecule has 0 spiro atoms. The number of rotatable bonds is 7. The number of hydrogen-bond donors (Lipinski definition) is 1. The summed E-state index contributed by atoms with van der Waals surface area (Å²) in [5.41, 5.74) is 1.17. The predicted octanol–water partition coefficient (Wildman–Crippen LogP) is 2.96. The van der Waals surface area contributed by atoms with Crippen LogP contribution in [0.5, 0.6) is 0 Å². The molecule has 1 N–H and O–H groups in total. The van der Waals surface area contributed by atoms with Crippen LogP contribution in [-0.4, -0.2) is 37.3 Å². The van der Waals surface area contributed by atoms with Crippen LogP contribution in [0.2, 0.25) is 0 Å². The fourth-order valence-corrected chi connectivity index (χ4v) is 3.64. The maximum Gasteiger partial charge on any atom is 0.185 e. The summed E-state index contributed by atoms with van der Waals surface area (Å²) in [5, 5.41) is 4.63. The Labute approximate surface area is 126 Å². The Bertz CT molecular complexity index is 406. The van der Waals surface area contributed by atoms with Gasteiger partial charge in [-0.1, -0.05) is 6.92 Å². The molecular weight excluding hydrogens is 270 g/mol. The average Bonchev–Trinajstić information content (AvgIpc) is 2.82. The van der Waals surface area contributed by atoms with Crippen molar-refractivity contribution in [2.75, 3.05) is 31.1 Å². The van der Waals surface area contributed by atoms with Gasteiger partial charge >= 0.3 is 0 Å². The molecule has 114 valence electrons. The standard InChI is InChI=1S/C15H27N3OS/c1-4-8-16-10-14-12(3)17-15(20-14)18-9-6-7-13(11-18)19-5-2/h13,16H,4-11H2,1-3H3. The lowest BCUT2D eigenvalue weighted by Crippen LogP contribution is -2.39. The van der Waals surface area contributed by atoms with Crippen LogP contribution in [0.4, 0.5) is 5.13 Å². The summed E-state index contributed by atoms with van der Waals surface area (Å²) >= 11 is 1.83. The zero-order chi connectivity index (χ0) is 14.4. The summed E-state index contributed by atoms with van der Waals surface area (Å²) in [6, 6.07) is 0. The Balaban J connectivity index is 1.96. The molecule has 0 radical (unpaired) electrons. The van der Waals surface area contributed by atoms with Crippen LogP contribution in [0.15, 0.2) is 0 Å². The molecular formula is C15H27N3OS. The lowest BCUT2D eigenvalue weighted by molar-refractivity contribution is 0.0526. The summed E-state index contributed by atoms with van der Waals surface area (Å²) in [6.45, 7) is 11.3. The average molecular weight is 297 g/mol. The Hall–Kier alpha value is -0.650. The van der Waals surface area contributed by atoms with Crippen molar-refractivity contribution in [1.82, 2.24) is 10.3 Å². The summed E-state index contributed by atoms with van der Waals surface area (Å²) in [5.74, 6) is 0. The van der Waals surface area contributed by atoms with Crippen molar-refractivity contribution in [3.8, 4) is 0 Å². The Morgan fingerprint density at radius 1 is 1.45 bits per heavy atom. The van der Waals surface area contributed by atoms with E-state index in [1.807, 2.05) is 11.3 Å². The topological polar surface area (TPSA) is 37.4 Å². The van der Waals surface area contributed by atoms with Gasteiger partial charge in [-0.3, -0.25) is 0 Å². The number of thiazole rings is 1. The number of anilines is 1. The molecule has 0 bridgehead atoms. The van der Waals surface area contributed by atoms with E-state index < -0.39 is 0 Å². The van der Waals surface area contributed by atoms with E-state index in [9.17, 15) is 0 Å². The molecule has 0 aromatic carbocycles. The quantitative estimate of drug-likeness (QED) is 0.785. The molecule has 1 saturated heterocycles. The molecule has 1 fully saturated rings. The highest BCUT2D eigenvalue weighted by molar-refractivity contribution is 7.15. The third-order valence-electron chi connectivity index (χ3n) is 3.64. The molecule has 1 aliphatic heterocycles. The first-order valence-corrected chi connectivity index (χ1v) is 8.59. The normalized spacial score (nSPS) is 19.6. The van der Waals surface area contributed by atoms with Gasteiger partial charge in [-0.15, -0.1) is 11.3 Å². The lowest BCUT2D eigenvalue weighted by Gasteiger charge is -2.32. The summed E-state index contributed by atoms with van der Waals surface area (Å²) in [4.78, 5) is 8.52. The SMILES string of the molecule is CCCNCc1sc(N2CCCC(OCC)C2)nc1C. The van der Waals surface area contributed by atoms with E-state index in [0.29, 0.717) is 6.10 Å². The van der Waals surface area contributed by atoms with E-state index in [4.69, 9.17) is 9.72 Å². The number of aromatic nitrogens is 1. The molecule has 1 unspecified atom stereocenters. The second kappa shape index (κ2) is 7.96. The number of ether oxygens (including phenoxy) is 1. The van der Waals surface area contributed by atoms with Gasteiger partial charge in [0.2, 0.25) is 0 Å². The first kappa shape index (κ1) is 15.7. The van der Waals surface area contributed by atoms with E-state index in [1.165, 1.54) is 35.0 Å². The molecule has 0 saturated carbocycles. The van der Waals surface area contributed by atoms with E-state index in [-0.39, 0.29) is 0 Å². The minimum Gasteiger partial charge on any atom is -0.377 e. The molecule has 0 aliphatic carbocycles. The second-order valence-corrected chi connectivity index (χ2v) is 6.41. The highest BCUT2D eigenvalue weighted by atomic mass is 32.1. The monoisotopic (exact) mass is 297 g/mol. The molecule has 2 rings (SSSR count). The third kappa shape index (κ3) is 4.17. The minimum absolute atomic E-state index is 0.375. The van der Waals surface area contributed by atoms with Gasteiger partial charge in [0.05, 0.1) is 11.8 Å². The highest BCUT2D eigenvalue weighted by Crippen LogP contribution is 2.28. The molecule has 5 heteroatoms. The van der Waals surface area contributed by atoms with Crippen LogP contribution < -0.4 is 10.2 Å². The van der Waals surface area contributed by atoms with Crippen LogP contribution in [-0.2, 0) is 11.3 Å². The van der Waals surface area contributed by atoms with E-state index in [1.54, 1.807) is 0 Å². The Kier molecular flexibility index (Phi) is 6.26. The van der Waals surface area contributed by atoms with E-state index >= 15 is 0 Å². The first-order chi connectivity index (χ1) is 9.74. The van der Waals surface area contributed by atoms with Crippen molar-refractivity contribution >= 4 is 16.5 Å². The van der Waals surface area contributed by atoms with Crippen LogP contribution in [0.3, 0.4) is 0 Å². The molecule has 0 amide bonds. The second-order valence-electron chi connectivity index (χ2n) is 5.35. The van der Waals surface area contributed by atoms with Crippen LogP contribution in [0.1, 0.15) is 43.7 Å². The van der Waals surface area contributed by atoms with Crippen molar-refractivity contribution in [2.45, 2.75) is 52.7 Å². The molecule has 1 atom stereocenters. The van der Waals surface area contributed by atoms with Crippen LogP contribution in [0, 0.1) is 6.92 Å². The van der Waals surface area contributed by atoms with Crippen molar-refractivity contribution in [3.63, 3.8) is 0 Å². The molecule has 4 nitrogen and oxygen atoms in total. The van der Waals surface area contributed by atoms with Crippen LogP contribution >= 0.6 is 11.3 Å². The van der Waals surface area contributed by atoms with Gasteiger partial charge in [0, 0.05) is 31.1 Å². The van der Waals surface area contributed by atoms with Gasteiger partial charge in [-0.2, -0.15) is 0 Å². The van der Waals surface area contributed by atoms with Crippen molar-refractivity contribution in [1.29, 1.82) is 0 Å².